The largest absolute Gasteiger partial charge is 0.340 e. The van der Waals surface area contributed by atoms with E-state index in [2.05, 4.69) is 10.6 Å². The number of amides is 2. The number of anilines is 1. The van der Waals surface area contributed by atoms with E-state index in [0.29, 0.717) is 17.9 Å². The van der Waals surface area contributed by atoms with Crippen LogP contribution in [0.5, 0.6) is 0 Å². The highest BCUT2D eigenvalue weighted by Crippen LogP contribution is 2.14. The van der Waals surface area contributed by atoms with Crippen LogP contribution in [-0.4, -0.2) is 34.8 Å². The Bertz CT molecular complexity index is 824. The summed E-state index contributed by atoms with van der Waals surface area (Å²) in [6.45, 7) is 1.95. The maximum atomic E-state index is 12.6. The van der Waals surface area contributed by atoms with Gasteiger partial charge in [-0.3, -0.25) is 19.7 Å². The van der Waals surface area contributed by atoms with Crippen LogP contribution < -0.4 is 10.6 Å². The summed E-state index contributed by atoms with van der Waals surface area (Å²) in [6.07, 6.45) is 2.36. The first kappa shape index (κ1) is 20.4. The van der Waals surface area contributed by atoms with Crippen molar-refractivity contribution in [2.24, 2.45) is 0 Å². The molecule has 2 rings (SSSR count). The topological polar surface area (TPSA) is 101 Å². The summed E-state index contributed by atoms with van der Waals surface area (Å²) >= 11 is 1.56. The minimum Gasteiger partial charge on any atom is -0.340 e. The lowest BCUT2D eigenvalue weighted by Gasteiger charge is -2.18. The summed E-state index contributed by atoms with van der Waals surface area (Å²) in [5.74, 6) is -0.170. The SMILES string of the molecule is CSCC[C@@H](NC(=O)c1cccc([N+](=O)[O-])c1)C(=O)Nc1ccc(C)cc1. The second kappa shape index (κ2) is 9.72. The number of aryl methyl sites for hydroxylation is 1. The third-order valence-corrected chi connectivity index (χ3v) is 4.51. The summed E-state index contributed by atoms with van der Waals surface area (Å²) in [4.78, 5) is 35.4. The third-order valence-electron chi connectivity index (χ3n) is 3.87. The molecule has 0 heterocycles. The van der Waals surface area contributed by atoms with Crippen LogP contribution in [0.2, 0.25) is 0 Å². The van der Waals surface area contributed by atoms with E-state index >= 15 is 0 Å². The molecule has 8 heteroatoms. The molecule has 0 unspecified atom stereocenters. The fourth-order valence-electron chi connectivity index (χ4n) is 2.37. The zero-order valence-electron chi connectivity index (χ0n) is 15.1. The van der Waals surface area contributed by atoms with E-state index in [4.69, 9.17) is 0 Å². The Labute approximate surface area is 161 Å². The molecule has 0 saturated carbocycles. The number of thioether (sulfide) groups is 1. The number of hydrogen-bond acceptors (Lipinski definition) is 5. The molecule has 2 N–H and O–H groups in total. The molecule has 0 aromatic heterocycles. The third kappa shape index (κ3) is 6.10. The van der Waals surface area contributed by atoms with Crippen LogP contribution in [0.3, 0.4) is 0 Å². The summed E-state index contributed by atoms with van der Waals surface area (Å²) in [6, 6.07) is 12.0. The smallest absolute Gasteiger partial charge is 0.270 e. The highest BCUT2D eigenvalue weighted by molar-refractivity contribution is 7.98. The van der Waals surface area contributed by atoms with E-state index < -0.39 is 16.9 Å². The van der Waals surface area contributed by atoms with Crippen molar-refractivity contribution in [2.75, 3.05) is 17.3 Å². The first-order valence-electron chi connectivity index (χ1n) is 8.32. The summed E-state index contributed by atoms with van der Waals surface area (Å²) in [5.41, 5.74) is 1.68. The Balaban J connectivity index is 2.11. The average Bonchev–Trinajstić information content (AvgIpc) is 2.66. The van der Waals surface area contributed by atoms with Gasteiger partial charge in [-0.2, -0.15) is 11.8 Å². The number of rotatable bonds is 8. The Morgan fingerprint density at radius 3 is 2.52 bits per heavy atom. The fraction of sp³-hybridized carbons (Fsp3) is 0.263. The predicted octanol–water partition coefficient (Wildman–Crippen LogP) is 3.39. The standard InChI is InChI=1S/C19H21N3O4S/c1-13-6-8-15(9-7-13)20-19(24)17(10-11-27-2)21-18(23)14-4-3-5-16(12-14)22(25)26/h3-9,12,17H,10-11H2,1-2H3,(H,20,24)(H,21,23)/t17-/m1/s1. The molecule has 7 nitrogen and oxygen atoms in total. The summed E-state index contributed by atoms with van der Waals surface area (Å²) in [7, 11) is 0. The fourth-order valence-corrected chi connectivity index (χ4v) is 2.84. The van der Waals surface area contributed by atoms with Gasteiger partial charge in [0.05, 0.1) is 4.92 Å². The van der Waals surface area contributed by atoms with E-state index in [-0.39, 0.29) is 17.2 Å². The van der Waals surface area contributed by atoms with Crippen molar-refractivity contribution >= 4 is 35.0 Å². The van der Waals surface area contributed by atoms with Gasteiger partial charge in [0.25, 0.3) is 11.6 Å². The van der Waals surface area contributed by atoms with Gasteiger partial charge in [-0.1, -0.05) is 23.8 Å². The van der Waals surface area contributed by atoms with Crippen LogP contribution >= 0.6 is 11.8 Å². The lowest BCUT2D eigenvalue weighted by molar-refractivity contribution is -0.384. The van der Waals surface area contributed by atoms with Crippen molar-refractivity contribution in [3.63, 3.8) is 0 Å². The van der Waals surface area contributed by atoms with Crippen LogP contribution in [0.15, 0.2) is 48.5 Å². The maximum absolute atomic E-state index is 12.6. The van der Waals surface area contributed by atoms with Gasteiger partial charge in [0, 0.05) is 23.4 Å². The molecule has 2 aromatic carbocycles. The van der Waals surface area contributed by atoms with E-state index in [1.54, 1.807) is 23.9 Å². The van der Waals surface area contributed by atoms with Crippen molar-refractivity contribution in [1.82, 2.24) is 5.32 Å². The molecule has 0 fully saturated rings. The van der Waals surface area contributed by atoms with Crippen molar-refractivity contribution < 1.29 is 14.5 Å². The summed E-state index contributed by atoms with van der Waals surface area (Å²) < 4.78 is 0. The number of non-ortho nitro benzene ring substituents is 1. The molecule has 1 atom stereocenters. The Hall–Kier alpha value is -2.87. The minimum absolute atomic E-state index is 0.140. The van der Waals surface area contributed by atoms with Gasteiger partial charge in [-0.15, -0.1) is 0 Å². The zero-order valence-corrected chi connectivity index (χ0v) is 15.9. The lowest BCUT2D eigenvalue weighted by atomic mass is 10.1. The van der Waals surface area contributed by atoms with Gasteiger partial charge in [-0.25, -0.2) is 0 Å². The molecule has 0 saturated heterocycles. The summed E-state index contributed by atoms with van der Waals surface area (Å²) in [5, 5.41) is 16.4. The Kier molecular flexibility index (Phi) is 7.36. The lowest BCUT2D eigenvalue weighted by Crippen LogP contribution is -2.44. The molecule has 0 aliphatic heterocycles. The van der Waals surface area contributed by atoms with E-state index in [0.717, 1.165) is 5.56 Å². The maximum Gasteiger partial charge on any atom is 0.270 e. The van der Waals surface area contributed by atoms with Gasteiger partial charge >= 0.3 is 0 Å². The monoisotopic (exact) mass is 387 g/mol. The number of nitro groups is 1. The minimum atomic E-state index is -0.745. The number of nitrogens with zero attached hydrogens (tertiary/aromatic N) is 1. The molecule has 2 aromatic rings. The Morgan fingerprint density at radius 1 is 1.19 bits per heavy atom. The van der Waals surface area contributed by atoms with Crippen LogP contribution in [-0.2, 0) is 4.79 Å². The highest BCUT2D eigenvalue weighted by atomic mass is 32.2. The molecule has 27 heavy (non-hydrogen) atoms. The number of nitrogens with one attached hydrogen (secondary N) is 2. The van der Waals surface area contributed by atoms with Crippen molar-refractivity contribution in [2.45, 2.75) is 19.4 Å². The zero-order chi connectivity index (χ0) is 19.8. The van der Waals surface area contributed by atoms with Crippen molar-refractivity contribution in [3.05, 3.63) is 69.8 Å². The second-order valence-electron chi connectivity index (χ2n) is 5.97. The van der Waals surface area contributed by atoms with Gasteiger partial charge in [-0.05, 0) is 43.6 Å². The molecular weight excluding hydrogens is 366 g/mol. The first-order chi connectivity index (χ1) is 12.9. The normalized spacial score (nSPS) is 11.5. The number of benzene rings is 2. The molecule has 0 spiro atoms. The van der Waals surface area contributed by atoms with Gasteiger partial charge < -0.3 is 10.6 Å². The van der Waals surface area contributed by atoms with Crippen molar-refractivity contribution in [1.29, 1.82) is 0 Å². The van der Waals surface area contributed by atoms with E-state index in [9.17, 15) is 19.7 Å². The molecule has 0 aliphatic rings. The van der Waals surface area contributed by atoms with E-state index in [1.807, 2.05) is 25.3 Å². The van der Waals surface area contributed by atoms with Gasteiger partial charge in [0.1, 0.15) is 6.04 Å². The molecular formula is C19H21N3O4S. The number of carbonyl (C=O) groups excluding carboxylic acids is 2. The molecule has 0 radical (unpaired) electrons. The quantitative estimate of drug-likeness (QED) is 0.534. The van der Waals surface area contributed by atoms with Gasteiger partial charge in [0.15, 0.2) is 0 Å². The number of nitro benzene ring substituents is 1. The molecule has 2 amide bonds. The average molecular weight is 387 g/mol. The van der Waals surface area contributed by atoms with Crippen LogP contribution in [0.4, 0.5) is 11.4 Å². The highest BCUT2D eigenvalue weighted by Gasteiger charge is 2.22. The number of hydrogen-bond donors (Lipinski definition) is 2. The second-order valence-corrected chi connectivity index (χ2v) is 6.96. The Morgan fingerprint density at radius 2 is 1.89 bits per heavy atom. The van der Waals surface area contributed by atoms with Crippen LogP contribution in [0.1, 0.15) is 22.3 Å². The van der Waals surface area contributed by atoms with Crippen LogP contribution in [0.25, 0.3) is 0 Å². The van der Waals surface area contributed by atoms with Crippen molar-refractivity contribution in [3.8, 4) is 0 Å². The number of carbonyl (C=O) groups is 2. The molecule has 0 bridgehead atoms. The molecule has 142 valence electrons. The predicted molar refractivity (Wildman–Crippen MR) is 107 cm³/mol. The van der Waals surface area contributed by atoms with Crippen LogP contribution in [0, 0.1) is 17.0 Å². The van der Waals surface area contributed by atoms with E-state index in [1.165, 1.54) is 24.3 Å². The van der Waals surface area contributed by atoms with Gasteiger partial charge in [0.2, 0.25) is 5.91 Å². The molecule has 0 aliphatic carbocycles. The first-order valence-corrected chi connectivity index (χ1v) is 9.72.